The lowest BCUT2D eigenvalue weighted by Crippen LogP contribution is -2.55. The van der Waals surface area contributed by atoms with Gasteiger partial charge in [0.15, 0.2) is 17.5 Å². The Labute approximate surface area is 322 Å². The summed E-state index contributed by atoms with van der Waals surface area (Å²) in [6, 6.07) is 48.1. The fraction of sp³-hybridized carbons (Fsp3) is 0. The molecule has 0 spiro atoms. The lowest BCUT2D eigenvalue weighted by molar-refractivity contribution is 1.08. The molecule has 0 saturated heterocycles. The van der Waals surface area contributed by atoms with Gasteiger partial charge in [-0.3, -0.25) is 0 Å². The minimum atomic E-state index is 0.681. The van der Waals surface area contributed by atoms with Crippen molar-refractivity contribution in [2.24, 2.45) is 0 Å². The molecule has 9 heteroatoms. The monoisotopic (exact) mass is 701 g/mol. The third kappa shape index (κ3) is 4.99. The van der Waals surface area contributed by atoms with Gasteiger partial charge in [0.2, 0.25) is 0 Å². The molecule has 54 heavy (non-hydrogen) atoms. The van der Waals surface area contributed by atoms with Crippen molar-refractivity contribution in [1.29, 1.82) is 0 Å². The summed E-state index contributed by atoms with van der Waals surface area (Å²) in [5.74, 6) is 2.09. The molecule has 0 aliphatic carbocycles. The predicted octanol–water partition coefficient (Wildman–Crippen LogP) is 3.66. The van der Waals surface area contributed by atoms with Crippen LogP contribution in [-0.4, -0.2) is 54.2 Å². The normalized spacial score (nSPS) is 11.7. The zero-order chi connectivity index (χ0) is 36.7. The average Bonchev–Trinajstić information content (AvgIpc) is 3.62. The van der Waals surface area contributed by atoms with Crippen molar-refractivity contribution in [2.45, 2.75) is 0 Å². The second kappa shape index (κ2) is 12.6. The number of nitrogens with zero attached hydrogens (tertiary/aromatic N) is 3. The van der Waals surface area contributed by atoms with Gasteiger partial charge in [0, 0.05) is 36.9 Å². The van der Waals surface area contributed by atoms with E-state index in [0.717, 1.165) is 22.5 Å². The van der Waals surface area contributed by atoms with Crippen LogP contribution < -0.4 is 27.3 Å². The topological polar surface area (TPSA) is 38.7 Å². The van der Waals surface area contributed by atoms with Crippen molar-refractivity contribution in [2.75, 3.05) is 0 Å². The summed E-state index contributed by atoms with van der Waals surface area (Å²) < 4.78 is 2.44. The first-order valence-electron chi connectivity index (χ1n) is 18.5. The Morgan fingerprint density at radius 2 is 0.796 bits per heavy atom. The van der Waals surface area contributed by atoms with E-state index in [9.17, 15) is 0 Å². The number of hydrogen-bond acceptors (Lipinski definition) is 4. The molecular weight excluding hydrogens is 669 g/mol. The molecule has 0 atom stereocenters. The minimum absolute atomic E-state index is 0.681. The van der Waals surface area contributed by atoms with Crippen LogP contribution in [0.1, 0.15) is 0 Å². The summed E-state index contributed by atoms with van der Waals surface area (Å²) in [7, 11) is 11.0. The van der Waals surface area contributed by atoms with Crippen molar-refractivity contribution < 1.29 is 0 Å². The number of rotatable bonds is 4. The Bertz CT molecular complexity index is 3120. The van der Waals surface area contributed by atoms with Crippen molar-refractivity contribution in [1.82, 2.24) is 15.0 Å². The van der Waals surface area contributed by atoms with Crippen molar-refractivity contribution >= 4 is 130 Å². The van der Waals surface area contributed by atoms with E-state index >= 15 is 0 Å². The Morgan fingerprint density at radius 1 is 0.333 bits per heavy atom. The quantitative estimate of drug-likeness (QED) is 0.208. The molecule has 0 aliphatic heterocycles. The molecule has 0 fully saturated rings. The van der Waals surface area contributed by atoms with Gasteiger partial charge in [0.05, 0.1) is 0 Å². The SMILES string of the molecule is Bc1c(B)c(B)c(-c2nc(-c3ccccc3)nc(-c3cccc4c3sc3c(-c5ccc6c7ccccc7c7ccccc7c6c5)cccc34)n2)c(B)c1B. The van der Waals surface area contributed by atoms with E-state index < -0.39 is 0 Å². The Hall–Kier alpha value is -5.91. The summed E-state index contributed by atoms with van der Waals surface area (Å²) in [6.45, 7) is 0. The summed E-state index contributed by atoms with van der Waals surface area (Å²) in [5.41, 5.74) is 11.9. The standard InChI is InChI=1S/C45H32B5N3S/c46-36-35(37(47)39(49)40(50)38(36)48)45-52-43(23-10-2-1-3-11-23)51-44(53-45)33-19-9-18-32-31-17-8-16-25(41(31)54-42(32)33)24-20-21-30-28-14-5-4-12-26(28)27-13-6-7-15-29(27)34(30)22-24/h1-22H,46-50H2. The number of aromatic nitrogens is 3. The van der Waals surface area contributed by atoms with E-state index in [2.05, 4.69) is 154 Å². The van der Waals surface area contributed by atoms with E-state index in [1.165, 1.54) is 90.9 Å². The molecule has 0 saturated carbocycles. The fourth-order valence-corrected chi connectivity index (χ4v) is 9.80. The maximum absolute atomic E-state index is 5.31. The second-order valence-electron chi connectivity index (χ2n) is 14.5. The molecule has 2 aromatic heterocycles. The van der Waals surface area contributed by atoms with Gasteiger partial charge in [-0.1, -0.05) is 132 Å². The number of hydrogen-bond donors (Lipinski definition) is 0. The summed E-state index contributed by atoms with van der Waals surface area (Å²) in [4.78, 5) is 15.7. The number of benzene rings is 8. The molecule has 8 aromatic carbocycles. The van der Waals surface area contributed by atoms with Crippen molar-refractivity contribution in [3.8, 4) is 45.3 Å². The van der Waals surface area contributed by atoms with Gasteiger partial charge in [-0.25, -0.2) is 15.0 Å². The first-order chi connectivity index (χ1) is 26.4. The summed E-state index contributed by atoms with van der Waals surface area (Å²) in [6.07, 6.45) is 0. The van der Waals surface area contributed by atoms with Crippen LogP contribution in [0.2, 0.25) is 0 Å². The minimum Gasteiger partial charge on any atom is -0.208 e. The molecule has 3 nitrogen and oxygen atoms in total. The Balaban J connectivity index is 1.20. The van der Waals surface area contributed by atoms with Gasteiger partial charge in [-0.15, -0.1) is 27.7 Å². The lowest BCUT2D eigenvalue weighted by atomic mass is 9.60. The highest BCUT2D eigenvalue weighted by molar-refractivity contribution is 7.26. The fourth-order valence-electron chi connectivity index (χ4n) is 8.46. The van der Waals surface area contributed by atoms with Gasteiger partial charge < -0.3 is 0 Å². The van der Waals surface area contributed by atoms with Gasteiger partial charge >= 0.3 is 0 Å². The van der Waals surface area contributed by atoms with Gasteiger partial charge in [0.25, 0.3) is 0 Å². The molecule has 248 valence electrons. The molecule has 10 rings (SSSR count). The van der Waals surface area contributed by atoms with Gasteiger partial charge in [-0.05, 0) is 55.6 Å². The van der Waals surface area contributed by atoms with Crippen LogP contribution in [-0.2, 0) is 0 Å². The average molecular weight is 701 g/mol. The summed E-state index contributed by atoms with van der Waals surface area (Å²) in [5, 5.41) is 10.2. The van der Waals surface area contributed by atoms with Crippen LogP contribution in [0.15, 0.2) is 133 Å². The van der Waals surface area contributed by atoms with Crippen LogP contribution in [0.4, 0.5) is 0 Å². The molecule has 0 radical (unpaired) electrons. The molecule has 0 aliphatic rings. The molecule has 2 heterocycles. The highest BCUT2D eigenvalue weighted by Gasteiger charge is 2.21. The van der Waals surface area contributed by atoms with Crippen molar-refractivity contribution in [3.63, 3.8) is 0 Å². The third-order valence-electron chi connectivity index (χ3n) is 11.7. The third-order valence-corrected chi connectivity index (χ3v) is 13.0. The molecule has 10 aromatic rings. The maximum atomic E-state index is 5.31. The largest absolute Gasteiger partial charge is 0.208 e. The van der Waals surface area contributed by atoms with Crippen LogP contribution in [0, 0.1) is 0 Å². The molecular formula is C45H32B5N3S. The van der Waals surface area contributed by atoms with Crippen LogP contribution in [0.3, 0.4) is 0 Å². The summed E-state index contributed by atoms with van der Waals surface area (Å²) >= 11 is 1.83. The number of thiophene rings is 1. The van der Waals surface area contributed by atoms with Crippen LogP contribution in [0.25, 0.3) is 97.8 Å². The molecule has 0 amide bonds. The van der Waals surface area contributed by atoms with E-state index in [1.54, 1.807) is 0 Å². The Morgan fingerprint density at radius 3 is 1.43 bits per heavy atom. The van der Waals surface area contributed by atoms with Crippen LogP contribution >= 0.6 is 11.3 Å². The first-order valence-corrected chi connectivity index (χ1v) is 19.4. The van der Waals surface area contributed by atoms with E-state index in [0.29, 0.717) is 11.6 Å². The highest BCUT2D eigenvalue weighted by atomic mass is 32.1. The zero-order valence-electron chi connectivity index (χ0n) is 31.0. The molecule has 0 N–H and O–H groups in total. The zero-order valence-corrected chi connectivity index (χ0v) is 31.8. The number of fused-ring (bicyclic) bond motifs is 9. The van der Waals surface area contributed by atoms with E-state index in [-0.39, 0.29) is 0 Å². The Kier molecular flexibility index (Phi) is 7.64. The van der Waals surface area contributed by atoms with Crippen LogP contribution in [0.5, 0.6) is 0 Å². The highest BCUT2D eigenvalue weighted by Crippen LogP contribution is 2.45. The second-order valence-corrected chi connectivity index (χ2v) is 15.5. The van der Waals surface area contributed by atoms with E-state index in [1.807, 2.05) is 29.5 Å². The molecule has 0 bridgehead atoms. The van der Waals surface area contributed by atoms with Gasteiger partial charge in [0.1, 0.15) is 39.2 Å². The first kappa shape index (κ1) is 32.7. The predicted molar refractivity (Wildman–Crippen MR) is 248 cm³/mol. The van der Waals surface area contributed by atoms with Crippen molar-refractivity contribution in [3.05, 3.63) is 133 Å². The van der Waals surface area contributed by atoms with Gasteiger partial charge in [-0.2, -0.15) is 0 Å². The maximum Gasteiger partial charge on any atom is 0.165 e. The smallest absolute Gasteiger partial charge is 0.165 e. The lowest BCUT2D eigenvalue weighted by Gasteiger charge is -2.20. The van der Waals surface area contributed by atoms with E-state index in [4.69, 9.17) is 15.0 Å². The molecule has 0 unspecified atom stereocenters.